The topological polar surface area (TPSA) is 66.9 Å². The number of carbonyl (C=O) groups is 1. The summed E-state index contributed by atoms with van der Waals surface area (Å²) in [5, 5.41) is 13.9. The molecule has 1 aromatic carbocycles. The largest absolute Gasteiger partial charge is 0.360 e. The molecule has 0 unspecified atom stereocenters. The molecule has 8 heteroatoms. The quantitative estimate of drug-likeness (QED) is 0.860. The molecule has 2 N–H and O–H groups in total. The van der Waals surface area contributed by atoms with E-state index in [1.807, 2.05) is 6.92 Å². The maximum atomic E-state index is 13.4. The van der Waals surface area contributed by atoms with Crippen LogP contribution in [-0.2, 0) is 6.54 Å². The van der Waals surface area contributed by atoms with Gasteiger partial charge in [-0.05, 0) is 12.5 Å². The Kier molecular flexibility index (Phi) is 5.15. The van der Waals surface area contributed by atoms with Crippen molar-refractivity contribution in [2.75, 3.05) is 11.9 Å². The van der Waals surface area contributed by atoms with E-state index in [0.29, 0.717) is 5.13 Å². The summed E-state index contributed by atoms with van der Waals surface area (Å²) in [6, 6.07) is 3.21. The molecule has 0 fully saturated rings. The third-order valence-corrected chi connectivity index (χ3v) is 3.48. The fourth-order valence-electron chi connectivity index (χ4n) is 1.53. The van der Waals surface area contributed by atoms with Crippen molar-refractivity contribution in [2.24, 2.45) is 0 Å². The Balaban J connectivity index is 1.93. The number of benzene rings is 1. The number of hydrogen-bond acceptors (Lipinski definition) is 5. The van der Waals surface area contributed by atoms with Crippen molar-refractivity contribution in [2.45, 2.75) is 19.9 Å². The molecule has 0 radical (unpaired) electrons. The van der Waals surface area contributed by atoms with Crippen LogP contribution in [0.15, 0.2) is 18.2 Å². The Morgan fingerprint density at radius 3 is 2.86 bits per heavy atom. The van der Waals surface area contributed by atoms with Crippen LogP contribution in [0.3, 0.4) is 0 Å². The Labute approximate surface area is 124 Å². The lowest BCUT2D eigenvalue weighted by atomic mass is 10.2. The first-order chi connectivity index (χ1) is 10.1. The maximum Gasteiger partial charge on any atom is 0.282 e. The van der Waals surface area contributed by atoms with Gasteiger partial charge < -0.3 is 10.6 Å². The number of carbonyl (C=O) groups excluding carboxylic acids is 1. The fraction of sp³-hybridized carbons (Fsp3) is 0.308. The van der Waals surface area contributed by atoms with Crippen LogP contribution in [0.5, 0.6) is 0 Å². The normalized spacial score (nSPS) is 10.4. The first-order valence-electron chi connectivity index (χ1n) is 6.39. The van der Waals surface area contributed by atoms with Gasteiger partial charge in [0.25, 0.3) is 5.91 Å². The first kappa shape index (κ1) is 15.3. The molecule has 1 heterocycles. The predicted molar refractivity (Wildman–Crippen MR) is 76.2 cm³/mol. The highest BCUT2D eigenvalue weighted by Gasteiger charge is 2.13. The molecule has 0 aliphatic rings. The molecule has 0 spiro atoms. The molecule has 0 saturated carbocycles. The van der Waals surface area contributed by atoms with Gasteiger partial charge in [-0.3, -0.25) is 4.79 Å². The average Bonchev–Trinajstić information content (AvgIpc) is 2.93. The number of nitrogens with zero attached hydrogens (tertiary/aromatic N) is 2. The summed E-state index contributed by atoms with van der Waals surface area (Å²) in [5.74, 6) is -1.79. The molecule has 112 valence electrons. The molecule has 2 aromatic rings. The summed E-state index contributed by atoms with van der Waals surface area (Å²) in [6.45, 7) is 2.72. The van der Waals surface area contributed by atoms with Gasteiger partial charge in [0.05, 0.1) is 0 Å². The zero-order valence-electron chi connectivity index (χ0n) is 11.3. The highest BCUT2D eigenvalue weighted by molar-refractivity contribution is 7.17. The van der Waals surface area contributed by atoms with Crippen molar-refractivity contribution in [3.05, 3.63) is 40.4 Å². The second-order valence-electron chi connectivity index (χ2n) is 4.26. The first-order valence-corrected chi connectivity index (χ1v) is 7.21. The van der Waals surface area contributed by atoms with Crippen LogP contribution in [0.25, 0.3) is 0 Å². The lowest BCUT2D eigenvalue weighted by Gasteiger charge is -2.04. The Hall–Kier alpha value is -2.09. The lowest BCUT2D eigenvalue weighted by Crippen LogP contribution is -2.23. The summed E-state index contributed by atoms with van der Waals surface area (Å²) in [7, 11) is 0. The van der Waals surface area contributed by atoms with E-state index in [1.165, 1.54) is 6.07 Å². The summed E-state index contributed by atoms with van der Waals surface area (Å²) >= 11 is 1.12. The van der Waals surface area contributed by atoms with Gasteiger partial charge in [-0.2, -0.15) is 0 Å². The summed E-state index contributed by atoms with van der Waals surface area (Å²) < 4.78 is 26.2. The maximum absolute atomic E-state index is 13.4. The van der Waals surface area contributed by atoms with Crippen molar-refractivity contribution < 1.29 is 13.6 Å². The zero-order chi connectivity index (χ0) is 15.2. The van der Waals surface area contributed by atoms with Crippen molar-refractivity contribution in [1.29, 1.82) is 0 Å². The summed E-state index contributed by atoms with van der Waals surface area (Å²) in [4.78, 5) is 11.9. The van der Waals surface area contributed by atoms with Crippen molar-refractivity contribution in [3.63, 3.8) is 0 Å². The Morgan fingerprint density at radius 1 is 1.33 bits per heavy atom. The van der Waals surface area contributed by atoms with Gasteiger partial charge in [0.15, 0.2) is 0 Å². The van der Waals surface area contributed by atoms with E-state index in [4.69, 9.17) is 0 Å². The highest BCUT2D eigenvalue weighted by Crippen LogP contribution is 2.15. The molecule has 1 aromatic heterocycles. The lowest BCUT2D eigenvalue weighted by molar-refractivity contribution is 0.0949. The van der Waals surface area contributed by atoms with Gasteiger partial charge in [0, 0.05) is 24.7 Å². The number of hydrogen-bond donors (Lipinski definition) is 2. The minimum absolute atomic E-state index is 0.0394. The van der Waals surface area contributed by atoms with Gasteiger partial charge >= 0.3 is 0 Å². The number of anilines is 1. The number of halogens is 2. The van der Waals surface area contributed by atoms with Crippen LogP contribution < -0.4 is 10.6 Å². The summed E-state index contributed by atoms with van der Waals surface area (Å²) in [6.07, 6.45) is 0.935. The smallest absolute Gasteiger partial charge is 0.282 e. The monoisotopic (exact) mass is 312 g/mol. The number of rotatable bonds is 6. The standard InChI is InChI=1S/C13H14F2N4OS/c1-2-5-16-13-19-18-12(21-13)11(20)17-7-8-3-4-9(14)6-10(8)15/h3-4,6H,2,5,7H2,1H3,(H,16,19)(H,17,20). The van der Waals surface area contributed by atoms with Crippen LogP contribution in [0.2, 0.25) is 0 Å². The van der Waals surface area contributed by atoms with Crippen LogP contribution in [0.4, 0.5) is 13.9 Å². The molecule has 5 nitrogen and oxygen atoms in total. The highest BCUT2D eigenvalue weighted by atomic mass is 32.1. The minimum atomic E-state index is -0.696. The van der Waals surface area contributed by atoms with E-state index in [0.717, 1.165) is 36.4 Å². The van der Waals surface area contributed by atoms with Crippen LogP contribution >= 0.6 is 11.3 Å². The molecule has 1 amide bonds. The van der Waals surface area contributed by atoms with Crippen molar-refractivity contribution >= 4 is 22.4 Å². The fourth-order valence-corrected chi connectivity index (χ4v) is 2.22. The third kappa shape index (κ3) is 4.19. The molecule has 0 atom stereocenters. The van der Waals surface area contributed by atoms with E-state index in [1.54, 1.807) is 0 Å². The van der Waals surface area contributed by atoms with Gasteiger partial charge in [0.2, 0.25) is 10.1 Å². The van der Waals surface area contributed by atoms with E-state index in [2.05, 4.69) is 20.8 Å². The second kappa shape index (κ2) is 7.07. The van der Waals surface area contributed by atoms with Crippen LogP contribution in [-0.4, -0.2) is 22.6 Å². The Morgan fingerprint density at radius 2 is 2.14 bits per heavy atom. The molecule has 2 rings (SSSR count). The minimum Gasteiger partial charge on any atom is -0.360 e. The Bertz CT molecular complexity index is 632. The van der Waals surface area contributed by atoms with Gasteiger partial charge in [-0.25, -0.2) is 8.78 Å². The molecule has 0 aliphatic heterocycles. The van der Waals surface area contributed by atoms with E-state index < -0.39 is 17.5 Å². The van der Waals surface area contributed by atoms with Crippen molar-refractivity contribution in [1.82, 2.24) is 15.5 Å². The number of amides is 1. The SMILES string of the molecule is CCCNc1nnc(C(=O)NCc2ccc(F)cc2F)s1. The average molecular weight is 312 g/mol. The molecule has 0 saturated heterocycles. The molecule has 0 aliphatic carbocycles. The summed E-state index contributed by atoms with van der Waals surface area (Å²) in [5.41, 5.74) is 0.207. The van der Waals surface area contributed by atoms with E-state index in [9.17, 15) is 13.6 Å². The third-order valence-electron chi connectivity index (χ3n) is 2.60. The molecular formula is C13H14F2N4OS. The second-order valence-corrected chi connectivity index (χ2v) is 5.24. The zero-order valence-corrected chi connectivity index (χ0v) is 12.1. The van der Waals surface area contributed by atoms with Gasteiger partial charge in [-0.15, -0.1) is 10.2 Å². The predicted octanol–water partition coefficient (Wildman–Crippen LogP) is 2.57. The molecule has 21 heavy (non-hydrogen) atoms. The van der Waals surface area contributed by atoms with Gasteiger partial charge in [-0.1, -0.05) is 24.3 Å². The number of nitrogens with one attached hydrogen (secondary N) is 2. The van der Waals surface area contributed by atoms with Crippen molar-refractivity contribution in [3.8, 4) is 0 Å². The molecular weight excluding hydrogens is 298 g/mol. The van der Waals surface area contributed by atoms with Gasteiger partial charge in [0.1, 0.15) is 11.6 Å². The van der Waals surface area contributed by atoms with E-state index >= 15 is 0 Å². The number of aromatic nitrogens is 2. The molecule has 0 bridgehead atoms. The van der Waals surface area contributed by atoms with Crippen LogP contribution in [0.1, 0.15) is 28.7 Å². The van der Waals surface area contributed by atoms with E-state index in [-0.39, 0.29) is 17.1 Å². The van der Waals surface area contributed by atoms with Crippen LogP contribution in [0, 0.1) is 11.6 Å².